The largest absolute Gasteiger partial charge is 0.456 e. The number of anilines is 1. The second-order valence-electron chi connectivity index (χ2n) is 10.5. The summed E-state index contributed by atoms with van der Waals surface area (Å²) >= 11 is 0. The molecular formula is C31H31NO4. The number of ether oxygens (including phenoxy) is 1. The molecule has 1 atom stereocenters. The minimum Gasteiger partial charge on any atom is -0.456 e. The van der Waals surface area contributed by atoms with Gasteiger partial charge in [-0.3, -0.25) is 4.79 Å². The van der Waals surface area contributed by atoms with Crippen molar-refractivity contribution >= 4 is 22.6 Å². The maximum Gasteiger partial charge on any atom is 0.340 e. The molecule has 1 unspecified atom stereocenters. The van der Waals surface area contributed by atoms with Crippen LogP contribution in [0.3, 0.4) is 0 Å². The maximum atomic E-state index is 13.6. The van der Waals surface area contributed by atoms with E-state index in [1.807, 2.05) is 83.1 Å². The highest BCUT2D eigenvalue weighted by atomic mass is 16.6. The number of aryl methyl sites for hydroxylation is 2. The summed E-state index contributed by atoms with van der Waals surface area (Å²) in [4.78, 5) is 26.5. The minimum atomic E-state index is -0.596. The molecule has 184 valence electrons. The molecule has 1 aliphatic carbocycles. The molecule has 0 spiro atoms. The lowest BCUT2D eigenvalue weighted by atomic mass is 9.88. The first-order valence-corrected chi connectivity index (χ1v) is 12.4. The van der Waals surface area contributed by atoms with Crippen molar-refractivity contribution in [3.63, 3.8) is 0 Å². The summed E-state index contributed by atoms with van der Waals surface area (Å²) in [6.45, 7) is 9.54. The first kappa shape index (κ1) is 23.9. The van der Waals surface area contributed by atoms with Crippen molar-refractivity contribution in [1.82, 2.24) is 0 Å². The molecule has 3 aromatic carbocycles. The van der Waals surface area contributed by atoms with Crippen molar-refractivity contribution in [2.75, 3.05) is 5.32 Å². The average molecular weight is 482 g/mol. The maximum absolute atomic E-state index is 13.6. The molecule has 0 bridgehead atoms. The number of benzene rings is 3. The van der Waals surface area contributed by atoms with Crippen LogP contribution in [0.5, 0.6) is 0 Å². The second-order valence-corrected chi connectivity index (χ2v) is 10.5. The second kappa shape index (κ2) is 8.98. The lowest BCUT2D eigenvalue weighted by molar-refractivity contribution is 0.00706. The van der Waals surface area contributed by atoms with E-state index in [1.165, 1.54) is 5.56 Å². The third-order valence-corrected chi connectivity index (χ3v) is 6.55. The zero-order chi connectivity index (χ0) is 25.6. The molecule has 1 N–H and O–H groups in total. The summed E-state index contributed by atoms with van der Waals surface area (Å²) in [5.74, 6) is 0.282. The van der Waals surface area contributed by atoms with Gasteiger partial charge in [0.15, 0.2) is 5.43 Å². The molecule has 0 radical (unpaired) electrons. The molecule has 1 aliphatic rings. The van der Waals surface area contributed by atoms with Gasteiger partial charge in [0.05, 0.1) is 17.0 Å². The van der Waals surface area contributed by atoms with Gasteiger partial charge in [-0.25, -0.2) is 4.79 Å². The standard InChI is InChI=1S/C31H31NO4/c1-18-16-24(19(2)32-26-13-9-8-12-22(26)30(34)36-31(3,4)5)29-25(17-18)27(33)23-15-14-20-10-6-7-11-21(20)28(23)35-29/h6-13,16-17,19,32H,14-15H2,1-5H3. The highest BCUT2D eigenvalue weighted by Gasteiger charge is 2.26. The fourth-order valence-corrected chi connectivity index (χ4v) is 4.93. The van der Waals surface area contributed by atoms with E-state index in [2.05, 4.69) is 11.4 Å². The normalized spacial score (nSPS) is 13.6. The lowest BCUT2D eigenvalue weighted by Gasteiger charge is -2.23. The lowest BCUT2D eigenvalue weighted by Crippen LogP contribution is -2.24. The number of nitrogens with one attached hydrogen (secondary N) is 1. The van der Waals surface area contributed by atoms with Gasteiger partial charge < -0.3 is 14.5 Å². The number of carbonyl (C=O) groups excluding carboxylic acids is 1. The number of fused-ring (bicyclic) bond motifs is 4. The molecule has 0 amide bonds. The van der Waals surface area contributed by atoms with Crippen LogP contribution in [0.4, 0.5) is 5.69 Å². The quantitative estimate of drug-likeness (QED) is 0.318. The summed E-state index contributed by atoms with van der Waals surface area (Å²) in [5, 5.41) is 4.06. The monoisotopic (exact) mass is 481 g/mol. The van der Waals surface area contributed by atoms with Crippen molar-refractivity contribution < 1.29 is 13.9 Å². The molecular weight excluding hydrogens is 450 g/mol. The Morgan fingerprint density at radius 3 is 2.53 bits per heavy atom. The number of hydrogen-bond donors (Lipinski definition) is 1. The molecule has 36 heavy (non-hydrogen) atoms. The molecule has 5 rings (SSSR count). The van der Waals surface area contributed by atoms with Crippen molar-refractivity contribution in [2.45, 2.75) is 59.1 Å². The van der Waals surface area contributed by atoms with Crippen molar-refractivity contribution in [3.8, 4) is 11.3 Å². The molecule has 0 fully saturated rings. The van der Waals surface area contributed by atoms with Gasteiger partial charge in [0.25, 0.3) is 0 Å². The molecule has 5 heteroatoms. The molecule has 0 saturated carbocycles. The van der Waals surface area contributed by atoms with Gasteiger partial charge in [-0.2, -0.15) is 0 Å². The topological polar surface area (TPSA) is 68.5 Å². The molecule has 5 nitrogen and oxygen atoms in total. The van der Waals surface area contributed by atoms with Crippen LogP contribution in [0.25, 0.3) is 22.3 Å². The number of esters is 1. The van der Waals surface area contributed by atoms with E-state index in [0.717, 1.165) is 28.7 Å². The molecule has 0 aliphatic heterocycles. The van der Waals surface area contributed by atoms with E-state index in [9.17, 15) is 9.59 Å². The fraction of sp³-hybridized carbons (Fsp3) is 0.290. The predicted molar refractivity (Wildman–Crippen MR) is 144 cm³/mol. The van der Waals surface area contributed by atoms with Gasteiger partial charge in [0.2, 0.25) is 0 Å². The number of rotatable bonds is 4. The Labute approximate surface area is 211 Å². The molecule has 1 aromatic heterocycles. The van der Waals surface area contributed by atoms with Crippen LogP contribution in [0.2, 0.25) is 0 Å². The molecule has 0 saturated heterocycles. The third-order valence-electron chi connectivity index (χ3n) is 6.55. The smallest absolute Gasteiger partial charge is 0.340 e. The SMILES string of the molecule is Cc1cc(C(C)Nc2ccccc2C(=O)OC(C)(C)C)c2oc3c(c(=O)c2c1)CCc1ccccc1-3. The van der Waals surface area contributed by atoms with Gasteiger partial charge >= 0.3 is 5.97 Å². The number of para-hydroxylation sites is 1. The highest BCUT2D eigenvalue weighted by molar-refractivity contribution is 5.96. The van der Waals surface area contributed by atoms with Crippen LogP contribution >= 0.6 is 0 Å². The Morgan fingerprint density at radius 1 is 1.03 bits per heavy atom. The van der Waals surface area contributed by atoms with Crippen LogP contribution in [-0.4, -0.2) is 11.6 Å². The Kier molecular flexibility index (Phi) is 5.95. The van der Waals surface area contributed by atoms with E-state index in [-0.39, 0.29) is 17.4 Å². The summed E-state index contributed by atoms with van der Waals surface area (Å²) in [7, 11) is 0. The zero-order valence-electron chi connectivity index (χ0n) is 21.4. The summed E-state index contributed by atoms with van der Waals surface area (Å²) in [5.41, 5.74) is 5.92. The first-order valence-electron chi connectivity index (χ1n) is 12.4. The van der Waals surface area contributed by atoms with E-state index >= 15 is 0 Å². The zero-order valence-corrected chi connectivity index (χ0v) is 21.4. The number of hydrogen-bond acceptors (Lipinski definition) is 5. The summed E-state index contributed by atoms with van der Waals surface area (Å²) < 4.78 is 12.2. The minimum absolute atomic E-state index is 0.0343. The third kappa shape index (κ3) is 4.41. The first-order chi connectivity index (χ1) is 17.1. The highest BCUT2D eigenvalue weighted by Crippen LogP contribution is 2.37. The Hall–Kier alpha value is -3.86. The van der Waals surface area contributed by atoms with E-state index < -0.39 is 5.60 Å². The molecule has 4 aromatic rings. The van der Waals surface area contributed by atoms with E-state index in [4.69, 9.17) is 9.15 Å². The van der Waals surface area contributed by atoms with E-state index in [0.29, 0.717) is 34.4 Å². The van der Waals surface area contributed by atoms with Crippen LogP contribution < -0.4 is 10.7 Å². The molecule has 1 heterocycles. The van der Waals surface area contributed by atoms with Gasteiger partial charge in [-0.1, -0.05) is 42.5 Å². The van der Waals surface area contributed by atoms with Crippen LogP contribution in [-0.2, 0) is 17.6 Å². The van der Waals surface area contributed by atoms with Crippen LogP contribution in [0.1, 0.15) is 66.3 Å². The van der Waals surface area contributed by atoms with Crippen molar-refractivity contribution in [2.24, 2.45) is 0 Å². The van der Waals surface area contributed by atoms with Gasteiger partial charge in [0, 0.05) is 22.4 Å². The number of carbonyl (C=O) groups is 1. The Morgan fingerprint density at radius 2 is 1.75 bits per heavy atom. The fourth-order valence-electron chi connectivity index (χ4n) is 4.93. The summed E-state index contributed by atoms with van der Waals surface area (Å²) in [6, 6.07) is 19.1. The Bertz CT molecular complexity index is 1540. The van der Waals surface area contributed by atoms with Gasteiger partial charge in [0.1, 0.15) is 16.9 Å². The van der Waals surface area contributed by atoms with Gasteiger partial charge in [-0.15, -0.1) is 0 Å². The van der Waals surface area contributed by atoms with Crippen molar-refractivity contribution in [1.29, 1.82) is 0 Å². The predicted octanol–water partition coefficient (Wildman–Crippen LogP) is 7.00. The van der Waals surface area contributed by atoms with Crippen LogP contribution in [0, 0.1) is 6.92 Å². The van der Waals surface area contributed by atoms with E-state index in [1.54, 1.807) is 6.07 Å². The van der Waals surface area contributed by atoms with Gasteiger partial charge in [-0.05, 0) is 76.8 Å². The van der Waals surface area contributed by atoms with Crippen LogP contribution in [0.15, 0.2) is 69.9 Å². The average Bonchev–Trinajstić information content (AvgIpc) is 2.83. The Balaban J connectivity index is 1.60. The summed E-state index contributed by atoms with van der Waals surface area (Å²) in [6.07, 6.45) is 1.50. The van der Waals surface area contributed by atoms with Crippen molar-refractivity contribution in [3.05, 3.63) is 98.7 Å².